The standard InChI is InChI=1S/C9H5ClF4N2OS/c10-8-15-4-1-2-18-5(4)6(16-8)17-3-9(13,14)7(11)12/h1-2,7H,3H2. The fraction of sp³-hybridized carbons (Fsp3) is 0.333. The summed E-state index contributed by atoms with van der Waals surface area (Å²) < 4.78 is 54.4. The van der Waals surface area contributed by atoms with Crippen molar-refractivity contribution in [3.05, 3.63) is 16.7 Å². The number of aromatic nitrogens is 2. The number of fused-ring (bicyclic) bond motifs is 1. The van der Waals surface area contributed by atoms with E-state index in [1.165, 1.54) is 0 Å². The average Bonchev–Trinajstić information content (AvgIpc) is 2.73. The number of hydrogen-bond acceptors (Lipinski definition) is 4. The van der Waals surface area contributed by atoms with Crippen molar-refractivity contribution in [3.8, 4) is 5.88 Å². The molecule has 2 heterocycles. The lowest BCUT2D eigenvalue weighted by Gasteiger charge is -2.15. The molecule has 0 radical (unpaired) electrons. The van der Waals surface area contributed by atoms with Crippen LogP contribution in [0.3, 0.4) is 0 Å². The third-order valence-corrected chi connectivity index (χ3v) is 3.03. The summed E-state index contributed by atoms with van der Waals surface area (Å²) in [6, 6.07) is 1.59. The van der Waals surface area contributed by atoms with Gasteiger partial charge in [0, 0.05) is 0 Å². The first-order valence-corrected chi connectivity index (χ1v) is 5.85. The van der Waals surface area contributed by atoms with Crippen LogP contribution < -0.4 is 4.74 Å². The summed E-state index contributed by atoms with van der Waals surface area (Å²) in [6.07, 6.45) is -3.80. The van der Waals surface area contributed by atoms with Gasteiger partial charge in [0.15, 0.2) is 6.61 Å². The van der Waals surface area contributed by atoms with Crippen molar-refractivity contribution < 1.29 is 22.3 Å². The molecule has 0 amide bonds. The zero-order valence-electron chi connectivity index (χ0n) is 8.54. The molecule has 3 nitrogen and oxygen atoms in total. The molecule has 2 aromatic heterocycles. The van der Waals surface area contributed by atoms with E-state index in [0.29, 0.717) is 10.2 Å². The molecule has 0 bridgehead atoms. The lowest BCUT2D eigenvalue weighted by atomic mass is 10.4. The number of halogens is 5. The predicted molar refractivity (Wildman–Crippen MR) is 58.9 cm³/mol. The summed E-state index contributed by atoms with van der Waals surface area (Å²) in [5.74, 6) is -4.46. The van der Waals surface area contributed by atoms with Gasteiger partial charge in [-0.05, 0) is 23.0 Å². The van der Waals surface area contributed by atoms with Gasteiger partial charge < -0.3 is 4.74 Å². The van der Waals surface area contributed by atoms with Gasteiger partial charge in [-0.2, -0.15) is 13.8 Å². The molecule has 0 aliphatic heterocycles. The van der Waals surface area contributed by atoms with Crippen LogP contribution in [-0.4, -0.2) is 28.9 Å². The topological polar surface area (TPSA) is 35.0 Å². The highest BCUT2D eigenvalue weighted by Gasteiger charge is 2.42. The first-order chi connectivity index (χ1) is 8.40. The van der Waals surface area contributed by atoms with Gasteiger partial charge in [-0.15, -0.1) is 11.3 Å². The van der Waals surface area contributed by atoms with Gasteiger partial charge in [0.05, 0.1) is 5.52 Å². The Hall–Kier alpha value is -1.15. The lowest BCUT2D eigenvalue weighted by Crippen LogP contribution is -2.33. The van der Waals surface area contributed by atoms with E-state index in [0.717, 1.165) is 11.3 Å². The quantitative estimate of drug-likeness (QED) is 0.639. The summed E-state index contributed by atoms with van der Waals surface area (Å²) in [6.45, 7) is -1.47. The Kier molecular flexibility index (Phi) is 3.58. The molecule has 2 aromatic rings. The largest absolute Gasteiger partial charge is 0.470 e. The monoisotopic (exact) mass is 300 g/mol. The first-order valence-electron chi connectivity index (χ1n) is 4.59. The maximum atomic E-state index is 12.7. The van der Waals surface area contributed by atoms with Gasteiger partial charge in [0.25, 0.3) is 0 Å². The fourth-order valence-electron chi connectivity index (χ4n) is 1.13. The molecule has 9 heteroatoms. The molecular weight excluding hydrogens is 296 g/mol. The van der Waals surface area contributed by atoms with Crippen LogP contribution in [0.15, 0.2) is 11.4 Å². The highest BCUT2D eigenvalue weighted by molar-refractivity contribution is 7.17. The van der Waals surface area contributed by atoms with Gasteiger partial charge in [-0.3, -0.25) is 0 Å². The molecule has 0 unspecified atom stereocenters. The van der Waals surface area contributed by atoms with Gasteiger partial charge in [0.1, 0.15) is 4.70 Å². The molecule has 0 saturated carbocycles. The number of rotatable bonds is 4. The molecule has 98 valence electrons. The maximum Gasteiger partial charge on any atom is 0.340 e. The van der Waals surface area contributed by atoms with E-state index < -0.39 is 19.0 Å². The number of nitrogens with zero attached hydrogens (tertiary/aromatic N) is 2. The molecule has 0 N–H and O–H groups in total. The highest BCUT2D eigenvalue weighted by Crippen LogP contribution is 2.31. The first kappa shape index (κ1) is 13.3. The second-order valence-corrected chi connectivity index (χ2v) is 4.54. The van der Waals surface area contributed by atoms with E-state index >= 15 is 0 Å². The SMILES string of the molecule is FC(F)C(F)(F)COc1nc(Cl)nc2ccsc12. The van der Waals surface area contributed by atoms with Crippen molar-refractivity contribution in [1.29, 1.82) is 0 Å². The highest BCUT2D eigenvalue weighted by atomic mass is 35.5. The minimum Gasteiger partial charge on any atom is -0.470 e. The fourth-order valence-corrected chi connectivity index (χ4v) is 2.08. The molecule has 0 spiro atoms. The molecular formula is C9H5ClF4N2OS. The molecule has 18 heavy (non-hydrogen) atoms. The van der Waals surface area contributed by atoms with Crippen LogP contribution in [-0.2, 0) is 0 Å². The van der Waals surface area contributed by atoms with Crippen LogP contribution in [0.1, 0.15) is 0 Å². The minimum absolute atomic E-state index is 0.198. The van der Waals surface area contributed by atoms with Gasteiger partial charge in [-0.25, -0.2) is 13.8 Å². The van der Waals surface area contributed by atoms with Gasteiger partial charge >= 0.3 is 12.3 Å². The Morgan fingerprint density at radius 1 is 1.39 bits per heavy atom. The summed E-state index contributed by atoms with van der Waals surface area (Å²) in [7, 11) is 0. The Morgan fingerprint density at radius 3 is 2.78 bits per heavy atom. The third-order valence-electron chi connectivity index (χ3n) is 1.97. The van der Waals surface area contributed by atoms with Crippen molar-refractivity contribution in [1.82, 2.24) is 9.97 Å². The molecule has 0 fully saturated rings. The van der Waals surface area contributed by atoms with Gasteiger partial charge in [0.2, 0.25) is 11.2 Å². The zero-order chi connectivity index (χ0) is 13.3. The van der Waals surface area contributed by atoms with Crippen LogP contribution >= 0.6 is 22.9 Å². The normalized spacial score (nSPS) is 12.3. The van der Waals surface area contributed by atoms with Crippen LogP contribution in [0, 0.1) is 0 Å². The number of alkyl halides is 4. The van der Waals surface area contributed by atoms with E-state index in [1.807, 2.05) is 0 Å². The lowest BCUT2D eigenvalue weighted by molar-refractivity contribution is -0.148. The summed E-state index contributed by atoms with van der Waals surface area (Å²) in [5, 5.41) is 1.43. The molecule has 2 rings (SSSR count). The van der Waals surface area contributed by atoms with E-state index in [9.17, 15) is 17.6 Å². The molecule has 0 saturated heterocycles. The summed E-state index contributed by atoms with van der Waals surface area (Å²) >= 11 is 6.70. The van der Waals surface area contributed by atoms with Gasteiger partial charge in [-0.1, -0.05) is 0 Å². The Balaban J connectivity index is 2.24. The van der Waals surface area contributed by atoms with Crippen molar-refractivity contribution in [3.63, 3.8) is 0 Å². The Bertz CT molecular complexity index is 562. The van der Waals surface area contributed by atoms with Crippen LogP contribution in [0.25, 0.3) is 10.2 Å². The maximum absolute atomic E-state index is 12.7. The predicted octanol–water partition coefficient (Wildman–Crippen LogP) is 3.62. The number of thiophene rings is 1. The van der Waals surface area contributed by atoms with E-state index in [4.69, 9.17) is 11.6 Å². The number of hydrogen-bond donors (Lipinski definition) is 0. The summed E-state index contributed by atoms with van der Waals surface area (Å²) in [5.41, 5.74) is 0.412. The van der Waals surface area contributed by atoms with E-state index in [-0.39, 0.29) is 11.2 Å². The van der Waals surface area contributed by atoms with E-state index in [2.05, 4.69) is 14.7 Å². The van der Waals surface area contributed by atoms with Crippen molar-refractivity contribution in [2.75, 3.05) is 6.61 Å². The molecule has 0 aliphatic carbocycles. The van der Waals surface area contributed by atoms with Crippen molar-refractivity contribution >= 4 is 33.2 Å². The third kappa shape index (κ3) is 2.64. The van der Waals surface area contributed by atoms with Crippen molar-refractivity contribution in [2.24, 2.45) is 0 Å². The molecule has 0 aromatic carbocycles. The van der Waals surface area contributed by atoms with Crippen LogP contribution in [0.5, 0.6) is 5.88 Å². The number of ether oxygens (including phenoxy) is 1. The average molecular weight is 301 g/mol. The zero-order valence-corrected chi connectivity index (χ0v) is 10.1. The smallest absolute Gasteiger partial charge is 0.340 e. The molecule has 0 atom stereocenters. The van der Waals surface area contributed by atoms with Crippen LogP contribution in [0.2, 0.25) is 5.28 Å². The van der Waals surface area contributed by atoms with Crippen LogP contribution in [0.4, 0.5) is 17.6 Å². The Labute approximate surface area is 107 Å². The second-order valence-electron chi connectivity index (χ2n) is 3.28. The van der Waals surface area contributed by atoms with Crippen molar-refractivity contribution in [2.45, 2.75) is 12.3 Å². The summed E-state index contributed by atoms with van der Waals surface area (Å²) in [4.78, 5) is 7.43. The Morgan fingerprint density at radius 2 is 2.11 bits per heavy atom. The second kappa shape index (κ2) is 4.85. The molecule has 0 aliphatic rings. The van der Waals surface area contributed by atoms with E-state index in [1.54, 1.807) is 11.4 Å². The minimum atomic E-state index is -4.24.